The lowest BCUT2D eigenvalue weighted by Gasteiger charge is -2.20. The number of hydrogen-bond acceptors (Lipinski definition) is 9. The van der Waals surface area contributed by atoms with Gasteiger partial charge in [-0.15, -0.1) is 0 Å². The Bertz CT molecular complexity index is 485. The second-order valence-corrected chi connectivity index (χ2v) is 4.58. The molecule has 2 rings (SSSR count). The van der Waals surface area contributed by atoms with Gasteiger partial charge in [-0.2, -0.15) is 0 Å². The summed E-state index contributed by atoms with van der Waals surface area (Å²) in [7, 11) is 0. The number of ether oxygens (including phenoxy) is 5. The van der Waals surface area contributed by atoms with Gasteiger partial charge in [-0.25, -0.2) is 4.79 Å². The molecule has 0 aliphatic carbocycles. The second-order valence-electron chi connectivity index (χ2n) is 4.58. The van der Waals surface area contributed by atoms with E-state index in [0.717, 1.165) is 20.8 Å². The van der Waals surface area contributed by atoms with Crippen molar-refractivity contribution in [1.82, 2.24) is 0 Å². The summed E-state index contributed by atoms with van der Waals surface area (Å²) in [6, 6.07) is 0. The van der Waals surface area contributed by atoms with Gasteiger partial charge < -0.3 is 23.7 Å². The summed E-state index contributed by atoms with van der Waals surface area (Å²) in [6.07, 6.45) is -5.63. The van der Waals surface area contributed by atoms with E-state index in [4.69, 9.17) is 23.7 Å². The summed E-state index contributed by atoms with van der Waals surface area (Å²) in [5.74, 6) is -2.82. The maximum atomic E-state index is 11.7. The molecule has 0 amide bonds. The van der Waals surface area contributed by atoms with Gasteiger partial charge in [-0.1, -0.05) is 0 Å². The normalized spacial score (nSPS) is 33.9. The molecule has 2 aliphatic rings. The van der Waals surface area contributed by atoms with E-state index in [-0.39, 0.29) is 0 Å². The van der Waals surface area contributed by atoms with Gasteiger partial charge in [0.05, 0.1) is 0 Å². The lowest BCUT2D eigenvalue weighted by molar-refractivity contribution is -0.205. The van der Waals surface area contributed by atoms with Crippen LogP contribution < -0.4 is 0 Å². The number of hydrogen-bond donors (Lipinski definition) is 0. The van der Waals surface area contributed by atoms with E-state index in [1.54, 1.807) is 0 Å². The van der Waals surface area contributed by atoms with Crippen molar-refractivity contribution in [2.24, 2.45) is 0 Å². The molecule has 2 fully saturated rings. The molecule has 0 bridgehead atoms. The first kappa shape index (κ1) is 15.2. The molecule has 9 nitrogen and oxygen atoms in total. The minimum absolute atomic E-state index is 0.659. The van der Waals surface area contributed by atoms with Crippen LogP contribution in [0.3, 0.4) is 0 Å². The van der Waals surface area contributed by atoms with Gasteiger partial charge in [0.1, 0.15) is 0 Å². The average Bonchev–Trinajstić information content (AvgIpc) is 2.78. The molecule has 0 aromatic heterocycles. The highest BCUT2D eigenvalue weighted by Gasteiger charge is 2.61. The Labute approximate surface area is 119 Å². The fourth-order valence-corrected chi connectivity index (χ4v) is 2.23. The standard InChI is InChI=1S/C12H14O9/c1-4(13)17-9-7-8(20-11(9)16)10(18-5(2)14)12(21-7)19-6(3)15/h7-10,12H,1-3H3/t7-,8-,9-,10+,12+/m0/s1. The van der Waals surface area contributed by atoms with E-state index in [2.05, 4.69) is 0 Å². The highest BCUT2D eigenvalue weighted by Crippen LogP contribution is 2.35. The molecule has 0 N–H and O–H groups in total. The largest absolute Gasteiger partial charge is 0.452 e. The summed E-state index contributed by atoms with van der Waals surface area (Å²) < 4.78 is 25.1. The fraction of sp³-hybridized carbons (Fsp3) is 0.667. The first-order valence-corrected chi connectivity index (χ1v) is 6.17. The topological polar surface area (TPSA) is 114 Å². The molecule has 0 aromatic carbocycles. The van der Waals surface area contributed by atoms with Crippen molar-refractivity contribution in [1.29, 1.82) is 0 Å². The maximum Gasteiger partial charge on any atom is 0.350 e. The fourth-order valence-electron chi connectivity index (χ4n) is 2.23. The number of carbonyl (C=O) groups excluding carboxylic acids is 4. The monoisotopic (exact) mass is 302 g/mol. The van der Waals surface area contributed by atoms with Crippen LogP contribution >= 0.6 is 0 Å². The summed E-state index contributed by atoms with van der Waals surface area (Å²) in [4.78, 5) is 44.8. The first-order chi connectivity index (χ1) is 9.79. The Morgan fingerprint density at radius 3 is 2.00 bits per heavy atom. The highest BCUT2D eigenvalue weighted by atomic mass is 16.8. The van der Waals surface area contributed by atoms with Gasteiger partial charge >= 0.3 is 23.9 Å². The number of fused-ring (bicyclic) bond motifs is 1. The van der Waals surface area contributed by atoms with E-state index >= 15 is 0 Å². The third-order valence-corrected chi connectivity index (χ3v) is 2.87. The van der Waals surface area contributed by atoms with Crippen molar-refractivity contribution in [3.63, 3.8) is 0 Å². The predicted molar refractivity (Wildman–Crippen MR) is 61.4 cm³/mol. The summed E-state index contributed by atoms with van der Waals surface area (Å²) in [6.45, 7) is 3.43. The van der Waals surface area contributed by atoms with Gasteiger partial charge in [0.2, 0.25) is 18.5 Å². The third kappa shape index (κ3) is 3.13. The molecular weight excluding hydrogens is 288 g/mol. The Kier molecular flexibility index (Phi) is 4.12. The lowest BCUT2D eigenvalue weighted by atomic mass is 10.1. The van der Waals surface area contributed by atoms with Crippen LogP contribution in [0, 0.1) is 0 Å². The smallest absolute Gasteiger partial charge is 0.350 e. The molecular formula is C12H14O9. The van der Waals surface area contributed by atoms with E-state index in [1.807, 2.05) is 0 Å². The minimum Gasteiger partial charge on any atom is -0.452 e. The Balaban J connectivity index is 2.19. The van der Waals surface area contributed by atoms with E-state index < -0.39 is 54.6 Å². The molecule has 2 heterocycles. The molecule has 5 atom stereocenters. The molecule has 0 radical (unpaired) electrons. The van der Waals surface area contributed by atoms with Gasteiger partial charge in [0.25, 0.3) is 0 Å². The van der Waals surface area contributed by atoms with Crippen LogP contribution in [0.5, 0.6) is 0 Å². The van der Waals surface area contributed by atoms with Crippen LogP contribution in [-0.4, -0.2) is 54.6 Å². The number of rotatable bonds is 3. The molecule has 0 aromatic rings. The van der Waals surface area contributed by atoms with E-state index in [9.17, 15) is 19.2 Å². The van der Waals surface area contributed by atoms with Crippen molar-refractivity contribution in [2.45, 2.75) is 51.5 Å². The van der Waals surface area contributed by atoms with Crippen LogP contribution in [-0.2, 0) is 42.9 Å². The zero-order valence-corrected chi connectivity index (χ0v) is 11.6. The van der Waals surface area contributed by atoms with Crippen molar-refractivity contribution in [3.8, 4) is 0 Å². The molecule has 9 heteroatoms. The van der Waals surface area contributed by atoms with E-state index in [1.165, 1.54) is 0 Å². The lowest BCUT2D eigenvalue weighted by Crippen LogP contribution is -2.38. The van der Waals surface area contributed by atoms with Crippen LogP contribution in [0.2, 0.25) is 0 Å². The molecule has 21 heavy (non-hydrogen) atoms. The van der Waals surface area contributed by atoms with Gasteiger partial charge in [-0.05, 0) is 0 Å². The van der Waals surface area contributed by atoms with Crippen molar-refractivity contribution in [2.75, 3.05) is 0 Å². The zero-order valence-electron chi connectivity index (χ0n) is 11.6. The Morgan fingerprint density at radius 2 is 1.48 bits per heavy atom. The van der Waals surface area contributed by atoms with Crippen LogP contribution in [0.15, 0.2) is 0 Å². The van der Waals surface area contributed by atoms with Crippen LogP contribution in [0.4, 0.5) is 0 Å². The molecule has 0 unspecified atom stereocenters. The molecule has 2 saturated heterocycles. The van der Waals surface area contributed by atoms with Crippen molar-refractivity contribution in [3.05, 3.63) is 0 Å². The molecule has 116 valence electrons. The highest BCUT2D eigenvalue weighted by molar-refractivity contribution is 5.82. The van der Waals surface area contributed by atoms with Gasteiger partial charge in [-0.3, -0.25) is 14.4 Å². The SMILES string of the molecule is CC(=O)O[C@@H]1O[C@H]2[C@H](OC(=O)[C@H]2OC(C)=O)[C@H]1OC(C)=O. The third-order valence-electron chi connectivity index (χ3n) is 2.87. The maximum absolute atomic E-state index is 11.7. The molecule has 2 aliphatic heterocycles. The summed E-state index contributed by atoms with van der Waals surface area (Å²) >= 11 is 0. The van der Waals surface area contributed by atoms with Crippen molar-refractivity contribution >= 4 is 23.9 Å². The number of carbonyl (C=O) groups is 4. The predicted octanol–water partition coefficient (Wildman–Crippen LogP) is -0.937. The quantitative estimate of drug-likeness (QED) is 0.481. The average molecular weight is 302 g/mol. The summed E-state index contributed by atoms with van der Waals surface area (Å²) in [5, 5.41) is 0. The molecule has 0 spiro atoms. The second kappa shape index (κ2) is 5.68. The first-order valence-electron chi connectivity index (χ1n) is 6.17. The Hall–Kier alpha value is -2.16. The summed E-state index contributed by atoms with van der Waals surface area (Å²) in [5.41, 5.74) is 0. The molecule has 0 saturated carbocycles. The van der Waals surface area contributed by atoms with Crippen molar-refractivity contribution < 1.29 is 42.9 Å². The van der Waals surface area contributed by atoms with E-state index in [0.29, 0.717) is 0 Å². The minimum atomic E-state index is -1.29. The van der Waals surface area contributed by atoms with Gasteiger partial charge in [0, 0.05) is 20.8 Å². The zero-order chi connectivity index (χ0) is 15.7. The van der Waals surface area contributed by atoms with Crippen LogP contribution in [0.1, 0.15) is 20.8 Å². The Morgan fingerprint density at radius 1 is 0.905 bits per heavy atom. The van der Waals surface area contributed by atoms with Gasteiger partial charge in [0.15, 0.2) is 12.2 Å². The number of esters is 4. The van der Waals surface area contributed by atoms with Crippen LogP contribution in [0.25, 0.3) is 0 Å².